The minimum atomic E-state index is -6.09. The molecule has 0 aliphatic heterocycles. The standard InChI is InChI=1S/C20H30N2O2.2CHF3O3S/c1-21-17(13-9-15-19(21)23-3)11-7-5-6-8-12-18-14-10-16-20(24-4)22(18)2;2*2-1(3,4)8(5,6)7/h9-10,13-16H,5-8,11-12H2,1-4H3;2*(H,5,6,7)/q+2;;/p-2. The molecule has 10 nitrogen and oxygen atoms in total. The molecule has 230 valence electrons. The summed E-state index contributed by atoms with van der Waals surface area (Å²) in [6.45, 7) is 0. The number of ether oxygens (including phenoxy) is 2. The number of alkyl halides is 6. The molecule has 0 N–H and O–H groups in total. The summed E-state index contributed by atoms with van der Waals surface area (Å²) in [5, 5.41) is 0. The highest BCUT2D eigenvalue weighted by Crippen LogP contribution is 2.21. The van der Waals surface area contributed by atoms with Crippen LogP contribution in [0.4, 0.5) is 26.3 Å². The van der Waals surface area contributed by atoms with Crippen LogP contribution in [0.5, 0.6) is 11.8 Å². The lowest BCUT2D eigenvalue weighted by atomic mass is 10.1. The number of methoxy groups -OCH3 is 2. The normalized spacial score (nSPS) is 12.0. The molecule has 40 heavy (non-hydrogen) atoms. The molecule has 2 aromatic rings. The van der Waals surface area contributed by atoms with E-state index in [1.54, 1.807) is 14.2 Å². The molecular formula is C22H30F6N2O8S2. The van der Waals surface area contributed by atoms with Crippen LogP contribution in [0.15, 0.2) is 36.4 Å². The first kappa shape index (κ1) is 37.3. The van der Waals surface area contributed by atoms with Gasteiger partial charge in [-0.3, -0.25) is 0 Å². The molecule has 0 amide bonds. The van der Waals surface area contributed by atoms with E-state index in [0.29, 0.717) is 0 Å². The maximum Gasteiger partial charge on any atom is 0.485 e. The van der Waals surface area contributed by atoms with Crippen molar-refractivity contribution < 1.29 is 70.9 Å². The number of aryl methyl sites for hydroxylation is 2. The summed E-state index contributed by atoms with van der Waals surface area (Å²) < 4.78 is 133. The third-order valence-electron chi connectivity index (χ3n) is 5.18. The van der Waals surface area contributed by atoms with E-state index in [9.17, 15) is 26.3 Å². The molecule has 0 unspecified atom stereocenters. The highest BCUT2D eigenvalue weighted by atomic mass is 32.2. The van der Waals surface area contributed by atoms with Gasteiger partial charge < -0.3 is 18.6 Å². The maximum absolute atomic E-state index is 10.7. The summed E-state index contributed by atoms with van der Waals surface area (Å²) in [7, 11) is -4.61. The number of unbranched alkanes of at least 4 members (excludes halogenated alkanes) is 3. The lowest BCUT2D eigenvalue weighted by molar-refractivity contribution is -0.684. The molecule has 0 radical (unpaired) electrons. The number of hydrogen-bond donors (Lipinski definition) is 0. The second-order valence-corrected chi connectivity index (χ2v) is 10.7. The first-order valence-corrected chi connectivity index (χ1v) is 14.1. The lowest BCUT2D eigenvalue weighted by Crippen LogP contribution is -2.35. The number of pyridine rings is 2. The molecule has 0 atom stereocenters. The molecule has 0 bridgehead atoms. The van der Waals surface area contributed by atoms with Gasteiger partial charge in [-0.25, -0.2) is 16.8 Å². The fourth-order valence-electron chi connectivity index (χ4n) is 3.09. The Bertz CT molecular complexity index is 1190. The minimum absolute atomic E-state index is 0.915. The van der Waals surface area contributed by atoms with E-state index in [2.05, 4.69) is 47.5 Å². The monoisotopic (exact) mass is 628 g/mol. The van der Waals surface area contributed by atoms with E-state index >= 15 is 0 Å². The Balaban J connectivity index is 0.000000780. The summed E-state index contributed by atoms with van der Waals surface area (Å²) in [6.07, 6.45) is 7.13. The molecule has 0 aromatic carbocycles. The van der Waals surface area contributed by atoms with Crippen molar-refractivity contribution in [2.75, 3.05) is 14.2 Å². The molecule has 0 aliphatic carbocycles. The van der Waals surface area contributed by atoms with Crippen LogP contribution in [0.2, 0.25) is 0 Å². The Morgan fingerprint density at radius 2 is 0.925 bits per heavy atom. The lowest BCUT2D eigenvalue weighted by Gasteiger charge is -2.08. The van der Waals surface area contributed by atoms with E-state index in [0.717, 1.165) is 24.6 Å². The number of halogens is 6. The van der Waals surface area contributed by atoms with Crippen molar-refractivity contribution in [1.82, 2.24) is 0 Å². The van der Waals surface area contributed by atoms with Gasteiger partial charge in [-0.1, -0.05) is 12.8 Å². The molecule has 2 aromatic heterocycles. The fraction of sp³-hybridized carbons (Fsp3) is 0.545. The van der Waals surface area contributed by atoms with Crippen LogP contribution in [0.25, 0.3) is 0 Å². The Kier molecular flexibility index (Phi) is 14.8. The van der Waals surface area contributed by atoms with Gasteiger partial charge in [-0.05, 0) is 25.0 Å². The predicted octanol–water partition coefficient (Wildman–Crippen LogP) is 2.80. The average Bonchev–Trinajstić information content (AvgIpc) is 2.81. The van der Waals surface area contributed by atoms with Crippen molar-refractivity contribution in [2.24, 2.45) is 14.1 Å². The van der Waals surface area contributed by atoms with Crippen LogP contribution in [0, 0.1) is 0 Å². The maximum atomic E-state index is 10.7. The average molecular weight is 629 g/mol. The summed E-state index contributed by atoms with van der Waals surface area (Å²) >= 11 is 0. The van der Waals surface area contributed by atoms with Crippen molar-refractivity contribution >= 4 is 20.2 Å². The highest BCUT2D eigenvalue weighted by molar-refractivity contribution is 7.86. The molecule has 18 heteroatoms. The van der Waals surface area contributed by atoms with Gasteiger partial charge in [0.15, 0.2) is 31.6 Å². The van der Waals surface area contributed by atoms with Crippen LogP contribution < -0.4 is 18.6 Å². The van der Waals surface area contributed by atoms with Crippen molar-refractivity contribution in [1.29, 1.82) is 0 Å². The Morgan fingerprint density at radius 1 is 0.650 bits per heavy atom. The van der Waals surface area contributed by atoms with Gasteiger partial charge in [0, 0.05) is 25.0 Å². The first-order valence-electron chi connectivity index (χ1n) is 11.3. The van der Waals surface area contributed by atoms with Crippen molar-refractivity contribution in [3.63, 3.8) is 0 Å². The van der Waals surface area contributed by atoms with Crippen LogP contribution in [-0.4, -0.2) is 51.2 Å². The second-order valence-electron chi connectivity index (χ2n) is 7.95. The molecular weight excluding hydrogens is 598 g/mol. The van der Waals surface area contributed by atoms with Crippen LogP contribution in [0.1, 0.15) is 37.1 Å². The van der Waals surface area contributed by atoms with Gasteiger partial charge in [-0.2, -0.15) is 35.5 Å². The molecule has 0 saturated heterocycles. The van der Waals surface area contributed by atoms with Gasteiger partial charge >= 0.3 is 22.8 Å². The summed E-state index contributed by atoms with van der Waals surface area (Å²) in [5.41, 5.74) is -8.64. The number of aromatic nitrogens is 2. The Labute approximate surface area is 228 Å². The zero-order valence-corrected chi connectivity index (χ0v) is 23.6. The molecule has 0 saturated carbocycles. The van der Waals surface area contributed by atoms with Crippen LogP contribution >= 0.6 is 0 Å². The van der Waals surface area contributed by atoms with Crippen molar-refractivity contribution in [2.45, 2.75) is 49.5 Å². The van der Waals surface area contributed by atoms with Crippen molar-refractivity contribution in [3.05, 3.63) is 47.8 Å². The number of rotatable bonds is 9. The molecule has 2 rings (SSSR count). The van der Waals surface area contributed by atoms with E-state index < -0.39 is 31.3 Å². The molecule has 0 fully saturated rings. The molecule has 0 spiro atoms. The van der Waals surface area contributed by atoms with Gasteiger partial charge in [0.1, 0.15) is 14.1 Å². The number of hydrogen-bond acceptors (Lipinski definition) is 8. The molecule has 0 aliphatic rings. The third kappa shape index (κ3) is 13.1. The van der Waals surface area contributed by atoms with E-state index in [1.807, 2.05) is 12.1 Å². The topological polar surface area (TPSA) is 141 Å². The third-order valence-corrected chi connectivity index (χ3v) is 6.31. The Morgan fingerprint density at radius 3 is 1.15 bits per heavy atom. The van der Waals surface area contributed by atoms with Gasteiger partial charge in [-0.15, -0.1) is 0 Å². The zero-order chi connectivity index (χ0) is 31.4. The highest BCUT2D eigenvalue weighted by Gasteiger charge is 2.37. The SMILES string of the molecule is COc1cccc(CCCCCCc2cccc(OC)[n+]2C)[n+]1C.O=S(=O)([O-])C(F)(F)F.O=S(=O)([O-])C(F)(F)F. The van der Waals surface area contributed by atoms with Crippen molar-refractivity contribution in [3.8, 4) is 11.8 Å². The molecule has 2 heterocycles. The van der Waals surface area contributed by atoms with Gasteiger partial charge in [0.05, 0.1) is 26.4 Å². The van der Waals surface area contributed by atoms with Gasteiger partial charge in [0.25, 0.3) is 0 Å². The quantitative estimate of drug-likeness (QED) is 0.136. The zero-order valence-electron chi connectivity index (χ0n) is 22.0. The largest absolute Gasteiger partial charge is 0.741 e. The predicted molar refractivity (Wildman–Crippen MR) is 126 cm³/mol. The van der Waals surface area contributed by atoms with Crippen LogP contribution in [-0.2, 0) is 47.2 Å². The minimum Gasteiger partial charge on any atom is -0.741 e. The van der Waals surface area contributed by atoms with E-state index in [4.69, 9.17) is 35.4 Å². The van der Waals surface area contributed by atoms with Gasteiger partial charge in [0.2, 0.25) is 0 Å². The number of nitrogens with zero attached hydrogens (tertiary/aromatic N) is 2. The summed E-state index contributed by atoms with van der Waals surface area (Å²) in [6, 6.07) is 12.5. The van der Waals surface area contributed by atoms with E-state index in [1.165, 1.54) is 37.1 Å². The first-order chi connectivity index (χ1) is 18.2. The fourth-order valence-corrected chi connectivity index (χ4v) is 3.09. The Hall–Kier alpha value is -2.70. The second kappa shape index (κ2) is 15.9. The smallest absolute Gasteiger partial charge is 0.485 e. The summed E-state index contributed by atoms with van der Waals surface area (Å²) in [5.74, 6) is 1.83. The van der Waals surface area contributed by atoms with E-state index in [-0.39, 0.29) is 0 Å². The summed E-state index contributed by atoms with van der Waals surface area (Å²) in [4.78, 5) is 0. The van der Waals surface area contributed by atoms with Crippen LogP contribution in [0.3, 0.4) is 0 Å².